The van der Waals surface area contributed by atoms with Crippen molar-refractivity contribution in [3.05, 3.63) is 66.2 Å². The van der Waals surface area contributed by atoms with Crippen LogP contribution >= 0.6 is 7.75 Å². The second kappa shape index (κ2) is 8.39. The predicted octanol–water partition coefficient (Wildman–Crippen LogP) is 6.93. The Labute approximate surface area is 186 Å². The smallest absolute Gasteiger partial charge is 0.413 e. The van der Waals surface area contributed by atoms with Crippen LogP contribution in [0.4, 0.5) is 0 Å². The van der Waals surface area contributed by atoms with Gasteiger partial charge in [-0.1, -0.05) is 48.5 Å². The lowest BCUT2D eigenvalue weighted by Crippen LogP contribution is -2.55. The van der Waals surface area contributed by atoms with Crippen LogP contribution in [0.2, 0.25) is 0 Å². The van der Waals surface area contributed by atoms with Crippen LogP contribution in [0.1, 0.15) is 51.0 Å². The predicted molar refractivity (Wildman–Crippen MR) is 124 cm³/mol. The van der Waals surface area contributed by atoms with E-state index in [2.05, 4.69) is 23.7 Å². The van der Waals surface area contributed by atoms with E-state index in [0.717, 1.165) is 23.3 Å². The summed E-state index contributed by atoms with van der Waals surface area (Å²) in [4.78, 5) is 0. The molecule has 2 aromatic carbocycles. The van der Waals surface area contributed by atoms with Crippen LogP contribution in [0.5, 0.6) is 5.75 Å². The summed E-state index contributed by atoms with van der Waals surface area (Å²) in [5.41, 5.74) is 1.34. The highest BCUT2D eigenvalue weighted by Gasteiger charge is 2.56. The van der Waals surface area contributed by atoms with Gasteiger partial charge in [0.25, 0.3) is 0 Å². The monoisotopic (exact) mass is 439 g/mol. The second-order valence-corrected chi connectivity index (χ2v) is 12.1. The summed E-state index contributed by atoms with van der Waals surface area (Å²) in [6.07, 6.45) is 7.94. The molecular weight excluding hydrogens is 405 g/mol. The van der Waals surface area contributed by atoms with Crippen LogP contribution in [-0.2, 0) is 15.6 Å². The second-order valence-electron chi connectivity index (χ2n) is 10.1. The molecule has 0 saturated heterocycles. The number of hydrogen-bond donors (Lipinski definition) is 0. The fraction of sp³-hybridized carbons (Fsp3) is 0.538. The third-order valence-corrected chi connectivity index (χ3v) is 10.1. The Balaban J connectivity index is 1.50. The van der Waals surface area contributed by atoms with E-state index in [0.29, 0.717) is 12.3 Å². The van der Waals surface area contributed by atoms with Gasteiger partial charge in [-0.2, -0.15) is 4.67 Å². The number of benzene rings is 2. The molecule has 0 amide bonds. The molecule has 0 aromatic heterocycles. The highest BCUT2D eigenvalue weighted by Crippen LogP contribution is 2.65. The number of hydrogen-bond acceptors (Lipinski definition) is 3. The minimum atomic E-state index is -3.54. The fourth-order valence-electron chi connectivity index (χ4n) is 7.02. The number of rotatable bonds is 8. The quantitative estimate of drug-likeness (QED) is 0.418. The molecule has 2 unspecified atom stereocenters. The molecule has 0 aliphatic heterocycles. The fourth-order valence-corrected chi connectivity index (χ4v) is 8.80. The molecule has 2 atom stereocenters. The van der Waals surface area contributed by atoms with Gasteiger partial charge < -0.3 is 4.52 Å². The van der Waals surface area contributed by atoms with Crippen molar-refractivity contribution in [3.63, 3.8) is 0 Å². The Morgan fingerprint density at radius 1 is 0.935 bits per heavy atom. The Morgan fingerprint density at radius 3 is 1.97 bits per heavy atom. The zero-order valence-electron chi connectivity index (χ0n) is 18.7. The first kappa shape index (κ1) is 21.2. The van der Waals surface area contributed by atoms with Crippen LogP contribution in [0, 0.1) is 23.2 Å². The summed E-state index contributed by atoms with van der Waals surface area (Å²) < 4.78 is 28.2. The van der Waals surface area contributed by atoms with Crippen molar-refractivity contribution in [2.24, 2.45) is 23.2 Å². The van der Waals surface area contributed by atoms with E-state index in [1.54, 1.807) is 0 Å². The third-order valence-electron chi connectivity index (χ3n) is 8.12. The molecule has 2 aromatic rings. The SMILES string of the molecule is COP(=O)(Oc1ccccc1)N(Cc1ccccc1)C(C)C12CC3CC(CC(C3)C1)C2. The maximum Gasteiger partial charge on any atom is 0.461 e. The molecule has 0 heterocycles. The van der Waals surface area contributed by atoms with Crippen LogP contribution in [-0.4, -0.2) is 17.8 Å². The van der Waals surface area contributed by atoms with Crippen LogP contribution in [0.3, 0.4) is 0 Å². The summed E-state index contributed by atoms with van der Waals surface area (Å²) in [7, 11) is -2.02. The van der Waals surface area contributed by atoms with Gasteiger partial charge in [0.2, 0.25) is 0 Å². The summed E-state index contributed by atoms with van der Waals surface area (Å²) in [6, 6.07) is 19.9. The summed E-state index contributed by atoms with van der Waals surface area (Å²) in [6.45, 7) is 2.83. The third kappa shape index (κ3) is 4.11. The van der Waals surface area contributed by atoms with Gasteiger partial charge in [0.15, 0.2) is 0 Å². The van der Waals surface area contributed by atoms with Crippen molar-refractivity contribution in [1.82, 2.24) is 4.67 Å². The van der Waals surface area contributed by atoms with E-state index in [4.69, 9.17) is 9.05 Å². The van der Waals surface area contributed by atoms with Gasteiger partial charge >= 0.3 is 7.75 Å². The molecule has 31 heavy (non-hydrogen) atoms. The average molecular weight is 440 g/mol. The van der Waals surface area contributed by atoms with Gasteiger partial charge in [0.1, 0.15) is 5.75 Å². The van der Waals surface area contributed by atoms with E-state index >= 15 is 0 Å². The van der Waals surface area contributed by atoms with Crippen LogP contribution < -0.4 is 4.52 Å². The normalized spacial score (nSPS) is 32.0. The van der Waals surface area contributed by atoms with Crippen molar-refractivity contribution >= 4 is 7.75 Å². The Bertz CT molecular complexity index is 897. The van der Waals surface area contributed by atoms with E-state index in [9.17, 15) is 4.57 Å². The summed E-state index contributed by atoms with van der Waals surface area (Å²) >= 11 is 0. The van der Waals surface area contributed by atoms with E-state index in [-0.39, 0.29) is 11.5 Å². The molecule has 0 radical (unpaired) electrons. The Morgan fingerprint density at radius 2 is 1.45 bits per heavy atom. The molecular formula is C26H34NO3P. The van der Waals surface area contributed by atoms with Gasteiger partial charge in [-0.05, 0) is 86.3 Å². The topological polar surface area (TPSA) is 38.8 Å². The molecule has 4 aliphatic carbocycles. The van der Waals surface area contributed by atoms with Crippen molar-refractivity contribution in [2.45, 2.75) is 58.0 Å². The van der Waals surface area contributed by atoms with E-state index in [1.807, 2.05) is 48.5 Å². The van der Waals surface area contributed by atoms with Gasteiger partial charge in [0.05, 0.1) is 0 Å². The molecule has 4 nitrogen and oxygen atoms in total. The van der Waals surface area contributed by atoms with Crippen molar-refractivity contribution in [2.75, 3.05) is 7.11 Å². The number of para-hydroxylation sites is 1. The molecule has 4 aliphatic rings. The first-order valence-corrected chi connectivity index (χ1v) is 13.2. The lowest BCUT2D eigenvalue weighted by molar-refractivity contribution is -0.0878. The molecule has 166 valence electrons. The minimum Gasteiger partial charge on any atom is -0.413 e. The summed E-state index contributed by atoms with van der Waals surface area (Å²) in [5, 5.41) is 0. The maximum absolute atomic E-state index is 14.3. The number of nitrogens with zero attached hydrogens (tertiary/aromatic N) is 1. The summed E-state index contributed by atoms with van der Waals surface area (Å²) in [5.74, 6) is 3.10. The minimum absolute atomic E-state index is 0.121. The largest absolute Gasteiger partial charge is 0.461 e. The standard InChI is InChI=1S/C26H34NO3P/c1-20(26-16-22-13-23(17-26)15-24(14-22)18-26)27(19-21-9-5-3-6-10-21)31(28,29-2)30-25-11-7-4-8-12-25/h3-12,20,22-24H,13-19H2,1-2H3. The maximum atomic E-state index is 14.3. The molecule has 5 heteroatoms. The van der Waals surface area contributed by atoms with E-state index < -0.39 is 7.75 Å². The lowest BCUT2D eigenvalue weighted by Gasteiger charge is -2.60. The average Bonchev–Trinajstić information content (AvgIpc) is 2.77. The first-order chi connectivity index (χ1) is 15.0. The Kier molecular flexibility index (Phi) is 5.75. The van der Waals surface area contributed by atoms with Gasteiger partial charge in [-0.25, -0.2) is 4.57 Å². The molecule has 4 saturated carbocycles. The zero-order chi connectivity index (χ0) is 21.5. The molecule has 4 fully saturated rings. The van der Waals surface area contributed by atoms with Crippen LogP contribution in [0.15, 0.2) is 60.7 Å². The molecule has 0 spiro atoms. The van der Waals surface area contributed by atoms with Crippen molar-refractivity contribution in [3.8, 4) is 5.75 Å². The molecule has 6 rings (SSSR count). The van der Waals surface area contributed by atoms with E-state index in [1.165, 1.54) is 45.6 Å². The zero-order valence-corrected chi connectivity index (χ0v) is 19.5. The van der Waals surface area contributed by atoms with Gasteiger partial charge in [0, 0.05) is 19.7 Å². The Hall–Kier alpha value is -1.61. The van der Waals surface area contributed by atoms with Crippen LogP contribution in [0.25, 0.3) is 0 Å². The first-order valence-electron chi connectivity index (χ1n) is 11.7. The lowest BCUT2D eigenvalue weighted by atomic mass is 9.48. The highest BCUT2D eigenvalue weighted by molar-refractivity contribution is 7.51. The van der Waals surface area contributed by atoms with Crippen molar-refractivity contribution < 1.29 is 13.6 Å². The highest BCUT2D eigenvalue weighted by atomic mass is 31.2. The molecule has 0 N–H and O–H groups in total. The molecule has 4 bridgehead atoms. The van der Waals surface area contributed by atoms with Gasteiger partial charge in [-0.15, -0.1) is 0 Å². The van der Waals surface area contributed by atoms with Crippen molar-refractivity contribution in [1.29, 1.82) is 0 Å². The van der Waals surface area contributed by atoms with Gasteiger partial charge in [-0.3, -0.25) is 4.52 Å².